The lowest BCUT2D eigenvalue weighted by molar-refractivity contribution is 0.0594. The number of aromatic nitrogens is 2. The van der Waals surface area contributed by atoms with Gasteiger partial charge in [0.15, 0.2) is 5.82 Å². The van der Waals surface area contributed by atoms with Crippen LogP contribution in [0.2, 0.25) is 0 Å². The fraction of sp³-hybridized carbons (Fsp3) is 0.630. The summed E-state index contributed by atoms with van der Waals surface area (Å²) in [6.45, 7) is 2.93. The summed E-state index contributed by atoms with van der Waals surface area (Å²) in [7, 11) is 0. The maximum Gasteiger partial charge on any atom is 0.152 e. The summed E-state index contributed by atoms with van der Waals surface area (Å²) in [6.07, 6.45) is 10.1. The Balaban J connectivity index is 1.14. The number of benzene rings is 1. The highest BCUT2D eigenvalue weighted by Crippen LogP contribution is 2.43. The van der Waals surface area contributed by atoms with E-state index in [2.05, 4.69) is 20.8 Å². The second-order valence-corrected chi connectivity index (χ2v) is 10.8. The Morgan fingerprint density at radius 1 is 1.12 bits per heavy atom. The molecule has 2 N–H and O–H groups in total. The minimum absolute atomic E-state index is 0.0380. The van der Waals surface area contributed by atoms with Crippen LogP contribution in [0.15, 0.2) is 24.4 Å². The molecule has 0 bridgehead atoms. The lowest BCUT2D eigenvalue weighted by Gasteiger charge is -2.28. The van der Waals surface area contributed by atoms with Crippen molar-refractivity contribution in [3.63, 3.8) is 0 Å². The van der Waals surface area contributed by atoms with E-state index in [0.717, 1.165) is 62.7 Å². The van der Waals surface area contributed by atoms with Crippen LogP contribution >= 0.6 is 0 Å². The monoisotopic (exact) mass is 468 g/mol. The van der Waals surface area contributed by atoms with E-state index >= 15 is 0 Å². The summed E-state index contributed by atoms with van der Waals surface area (Å²) in [6, 6.07) is 4.79. The van der Waals surface area contributed by atoms with E-state index in [1.54, 1.807) is 0 Å². The molecule has 1 aromatic carbocycles. The van der Waals surface area contributed by atoms with Crippen LogP contribution in [0, 0.1) is 29.4 Å². The molecule has 182 valence electrons. The van der Waals surface area contributed by atoms with E-state index in [-0.39, 0.29) is 17.6 Å². The molecule has 3 fully saturated rings. The number of nitrogens with one attached hydrogen (secondary N) is 2. The van der Waals surface area contributed by atoms with Crippen LogP contribution in [-0.2, 0) is 17.6 Å². The topological polar surface area (TPSA) is 59.1 Å². The summed E-state index contributed by atoms with van der Waals surface area (Å²) in [4.78, 5) is 0. The third-order valence-electron chi connectivity index (χ3n) is 8.83. The number of aryl methyl sites for hydroxylation is 1. The van der Waals surface area contributed by atoms with E-state index < -0.39 is 0 Å². The SMILES string of the molecule is Fc1ccc(F)c(C2CCc3cnnc(N[C@H]4C[C@@H]5CN[C@@H](CC6CCOCC6)[C@H]5C4)c3C2)c1. The maximum absolute atomic E-state index is 14.5. The van der Waals surface area contributed by atoms with Crippen molar-refractivity contribution in [3.8, 4) is 0 Å². The average Bonchev–Trinajstić information content (AvgIpc) is 3.42. The van der Waals surface area contributed by atoms with Gasteiger partial charge in [-0.3, -0.25) is 0 Å². The molecule has 1 saturated carbocycles. The Morgan fingerprint density at radius 2 is 2.00 bits per heavy atom. The lowest BCUT2D eigenvalue weighted by Crippen LogP contribution is -2.33. The number of hydrogen-bond acceptors (Lipinski definition) is 5. The van der Waals surface area contributed by atoms with Gasteiger partial charge in [0.1, 0.15) is 11.6 Å². The van der Waals surface area contributed by atoms with E-state index in [4.69, 9.17) is 4.74 Å². The Hall–Kier alpha value is -2.12. The van der Waals surface area contributed by atoms with Crippen molar-refractivity contribution >= 4 is 5.82 Å². The Morgan fingerprint density at radius 3 is 2.88 bits per heavy atom. The van der Waals surface area contributed by atoms with E-state index in [1.807, 2.05) is 6.20 Å². The molecular weight excluding hydrogens is 434 g/mol. The number of anilines is 1. The molecule has 6 rings (SSSR count). The van der Waals surface area contributed by atoms with Gasteiger partial charge in [-0.2, -0.15) is 5.10 Å². The first-order chi connectivity index (χ1) is 16.6. The van der Waals surface area contributed by atoms with Crippen LogP contribution < -0.4 is 10.6 Å². The first kappa shape index (κ1) is 22.4. The van der Waals surface area contributed by atoms with Crippen molar-refractivity contribution in [2.75, 3.05) is 25.1 Å². The highest BCUT2D eigenvalue weighted by atomic mass is 19.1. The molecule has 2 aromatic rings. The minimum Gasteiger partial charge on any atom is -0.381 e. The molecule has 5 atom stereocenters. The van der Waals surface area contributed by atoms with Crippen molar-refractivity contribution in [1.29, 1.82) is 0 Å². The molecule has 2 aliphatic carbocycles. The summed E-state index contributed by atoms with van der Waals surface area (Å²) in [5, 5.41) is 16.3. The second-order valence-electron chi connectivity index (χ2n) is 10.8. The van der Waals surface area contributed by atoms with E-state index in [0.29, 0.717) is 35.9 Å². The minimum atomic E-state index is -0.380. The smallest absolute Gasteiger partial charge is 0.152 e. The molecule has 1 aromatic heterocycles. The number of hydrogen-bond donors (Lipinski definition) is 2. The highest BCUT2D eigenvalue weighted by Gasteiger charge is 2.44. The maximum atomic E-state index is 14.5. The Kier molecular flexibility index (Phi) is 6.24. The number of fused-ring (bicyclic) bond motifs is 2. The molecule has 34 heavy (non-hydrogen) atoms. The molecule has 4 aliphatic rings. The summed E-state index contributed by atoms with van der Waals surface area (Å²) < 4.78 is 33.8. The Bertz CT molecular complexity index is 1030. The molecule has 0 amide bonds. The van der Waals surface area contributed by atoms with Gasteiger partial charge in [0.25, 0.3) is 0 Å². The van der Waals surface area contributed by atoms with E-state index in [9.17, 15) is 8.78 Å². The van der Waals surface area contributed by atoms with Gasteiger partial charge < -0.3 is 15.4 Å². The van der Waals surface area contributed by atoms with Gasteiger partial charge >= 0.3 is 0 Å². The van der Waals surface area contributed by atoms with Crippen molar-refractivity contribution < 1.29 is 13.5 Å². The van der Waals surface area contributed by atoms with Crippen molar-refractivity contribution in [2.24, 2.45) is 17.8 Å². The number of nitrogens with zero attached hydrogens (tertiary/aromatic N) is 2. The third kappa shape index (κ3) is 4.44. The third-order valence-corrected chi connectivity index (χ3v) is 8.83. The van der Waals surface area contributed by atoms with Crippen LogP contribution in [0.1, 0.15) is 61.1 Å². The fourth-order valence-corrected chi connectivity index (χ4v) is 7.03. The molecule has 2 saturated heterocycles. The number of halogens is 2. The fourth-order valence-electron chi connectivity index (χ4n) is 7.03. The molecule has 2 aliphatic heterocycles. The van der Waals surface area contributed by atoms with Gasteiger partial charge in [-0.25, -0.2) is 8.78 Å². The quantitative estimate of drug-likeness (QED) is 0.671. The van der Waals surface area contributed by atoms with E-state index in [1.165, 1.54) is 43.0 Å². The van der Waals surface area contributed by atoms with Crippen molar-refractivity contribution in [3.05, 3.63) is 52.7 Å². The zero-order valence-electron chi connectivity index (χ0n) is 19.6. The number of ether oxygens (including phenoxy) is 1. The molecular formula is C27H34F2N4O. The highest BCUT2D eigenvalue weighted by molar-refractivity contribution is 5.50. The van der Waals surface area contributed by atoms with Crippen LogP contribution in [0.5, 0.6) is 0 Å². The van der Waals surface area contributed by atoms with Gasteiger partial charge in [-0.05, 0) is 111 Å². The summed E-state index contributed by atoms with van der Waals surface area (Å²) >= 11 is 0. The van der Waals surface area contributed by atoms with Gasteiger partial charge in [-0.1, -0.05) is 0 Å². The van der Waals surface area contributed by atoms with Crippen LogP contribution in [0.3, 0.4) is 0 Å². The first-order valence-electron chi connectivity index (χ1n) is 13.0. The standard InChI is InChI=1S/C27H34F2N4O/c28-20-3-4-25(29)22(12-20)17-1-2-18-15-31-33-27(24(18)11-17)32-21-10-19-14-30-26(23(19)13-21)9-16-5-7-34-8-6-16/h3-4,12,15-17,19,21,23,26,30H,1-2,5-11,13-14H2,(H,32,33)/t17?,19-,21+,23+,26+/m1/s1. The first-order valence-corrected chi connectivity index (χ1v) is 13.0. The van der Waals surface area contributed by atoms with Gasteiger partial charge in [0.05, 0.1) is 6.20 Å². The zero-order valence-corrected chi connectivity index (χ0v) is 19.6. The van der Waals surface area contributed by atoms with Crippen LogP contribution in [0.25, 0.3) is 0 Å². The molecule has 3 heterocycles. The molecule has 0 spiro atoms. The largest absolute Gasteiger partial charge is 0.381 e. The average molecular weight is 469 g/mol. The lowest BCUT2D eigenvalue weighted by atomic mass is 9.80. The predicted octanol–water partition coefficient (Wildman–Crippen LogP) is 4.62. The second kappa shape index (κ2) is 9.50. The zero-order chi connectivity index (χ0) is 23.1. The van der Waals surface area contributed by atoms with Gasteiger partial charge in [-0.15, -0.1) is 5.10 Å². The molecule has 1 unspecified atom stereocenters. The number of rotatable bonds is 5. The molecule has 0 radical (unpaired) electrons. The molecule has 5 nitrogen and oxygen atoms in total. The normalized spacial score (nSPS) is 31.3. The van der Waals surface area contributed by atoms with Crippen molar-refractivity contribution in [2.45, 2.75) is 69.4 Å². The predicted molar refractivity (Wildman–Crippen MR) is 127 cm³/mol. The van der Waals surface area contributed by atoms with Crippen molar-refractivity contribution in [1.82, 2.24) is 15.5 Å². The van der Waals surface area contributed by atoms with Crippen LogP contribution in [-0.4, -0.2) is 42.0 Å². The Labute approximate surface area is 200 Å². The summed E-state index contributed by atoms with van der Waals surface area (Å²) in [5.41, 5.74) is 2.79. The summed E-state index contributed by atoms with van der Waals surface area (Å²) in [5.74, 6) is 2.31. The molecule has 7 heteroatoms. The van der Waals surface area contributed by atoms with Gasteiger partial charge in [0.2, 0.25) is 0 Å². The van der Waals surface area contributed by atoms with Gasteiger partial charge in [0, 0.05) is 30.9 Å². The van der Waals surface area contributed by atoms with Crippen LogP contribution in [0.4, 0.5) is 14.6 Å².